The maximum absolute atomic E-state index is 11.7. The Morgan fingerprint density at radius 3 is 2.80 bits per heavy atom. The molecule has 2 N–H and O–H groups in total. The normalized spacial score (nSPS) is 26.4. The Labute approximate surface area is 91.6 Å². The second kappa shape index (κ2) is 4.94. The van der Waals surface area contributed by atoms with Gasteiger partial charge in [-0.05, 0) is 26.8 Å². The number of hydrogen-bond donors (Lipinski definition) is 2. The molecule has 1 aliphatic rings. The van der Waals surface area contributed by atoms with Gasteiger partial charge in [-0.15, -0.1) is 0 Å². The quantitative estimate of drug-likeness (QED) is 0.710. The molecule has 0 aromatic heterocycles. The first-order valence-corrected chi connectivity index (χ1v) is 5.67. The van der Waals surface area contributed by atoms with E-state index in [9.17, 15) is 9.90 Å². The Morgan fingerprint density at radius 2 is 2.27 bits per heavy atom. The maximum Gasteiger partial charge on any atom is 0.240 e. The number of nitrogens with one attached hydrogen (secondary N) is 1. The zero-order valence-electron chi connectivity index (χ0n) is 9.92. The van der Waals surface area contributed by atoms with Crippen LogP contribution >= 0.6 is 0 Å². The molecule has 15 heavy (non-hydrogen) atoms. The van der Waals surface area contributed by atoms with Gasteiger partial charge in [0.1, 0.15) is 6.04 Å². The van der Waals surface area contributed by atoms with Gasteiger partial charge >= 0.3 is 0 Å². The summed E-state index contributed by atoms with van der Waals surface area (Å²) in [6.45, 7) is 7.76. The Hall–Kier alpha value is -0.610. The van der Waals surface area contributed by atoms with E-state index in [1.165, 1.54) is 0 Å². The van der Waals surface area contributed by atoms with Crippen molar-refractivity contribution in [2.75, 3.05) is 19.7 Å². The van der Waals surface area contributed by atoms with Crippen LogP contribution < -0.4 is 5.32 Å². The van der Waals surface area contributed by atoms with Crippen LogP contribution in [0.5, 0.6) is 0 Å². The minimum atomic E-state index is -0.357. The first-order valence-electron chi connectivity index (χ1n) is 5.67. The zero-order valence-corrected chi connectivity index (χ0v) is 9.92. The van der Waals surface area contributed by atoms with E-state index in [-0.39, 0.29) is 24.1 Å². The summed E-state index contributed by atoms with van der Waals surface area (Å²) in [5, 5.41) is 12.1. The van der Waals surface area contributed by atoms with E-state index in [0.717, 1.165) is 25.9 Å². The van der Waals surface area contributed by atoms with Crippen LogP contribution in [0.1, 0.15) is 33.6 Å². The van der Waals surface area contributed by atoms with E-state index in [4.69, 9.17) is 0 Å². The molecule has 0 radical (unpaired) electrons. The number of unbranched alkanes of at least 4 members (excludes halogenated alkanes) is 1. The summed E-state index contributed by atoms with van der Waals surface area (Å²) >= 11 is 0. The number of rotatable bonds is 4. The Kier molecular flexibility index (Phi) is 4.11. The molecule has 4 nitrogen and oxygen atoms in total. The summed E-state index contributed by atoms with van der Waals surface area (Å²) in [7, 11) is 0. The number of aliphatic hydroxyl groups excluding tert-OH is 1. The SMILES string of the molecule is CCCCN1CC(C)(C)NC(=O)C1CO. The van der Waals surface area contributed by atoms with Gasteiger partial charge in [0.05, 0.1) is 6.61 Å². The van der Waals surface area contributed by atoms with Crippen molar-refractivity contribution in [3.63, 3.8) is 0 Å². The number of nitrogens with zero attached hydrogens (tertiary/aromatic N) is 1. The van der Waals surface area contributed by atoms with Crippen LogP contribution in [0, 0.1) is 0 Å². The molecule has 0 aliphatic carbocycles. The van der Waals surface area contributed by atoms with Gasteiger partial charge in [-0.2, -0.15) is 0 Å². The molecule has 1 heterocycles. The number of amides is 1. The lowest BCUT2D eigenvalue weighted by molar-refractivity contribution is -0.134. The molecule has 0 bridgehead atoms. The summed E-state index contributed by atoms with van der Waals surface area (Å²) in [5.41, 5.74) is -0.184. The Morgan fingerprint density at radius 1 is 1.60 bits per heavy atom. The summed E-state index contributed by atoms with van der Waals surface area (Å²) in [4.78, 5) is 13.8. The van der Waals surface area contributed by atoms with Crippen molar-refractivity contribution in [1.82, 2.24) is 10.2 Å². The van der Waals surface area contributed by atoms with Crippen molar-refractivity contribution >= 4 is 5.91 Å². The average Bonchev–Trinajstić information content (AvgIpc) is 2.12. The van der Waals surface area contributed by atoms with Gasteiger partial charge in [-0.3, -0.25) is 9.69 Å². The summed E-state index contributed by atoms with van der Waals surface area (Å²) in [6.07, 6.45) is 2.18. The van der Waals surface area contributed by atoms with E-state index in [1.54, 1.807) is 0 Å². The molecule has 1 rings (SSSR count). The first kappa shape index (κ1) is 12.5. The minimum Gasteiger partial charge on any atom is -0.394 e. The number of piperazine rings is 1. The highest BCUT2D eigenvalue weighted by Crippen LogP contribution is 2.16. The minimum absolute atomic E-state index is 0.0511. The second-order valence-electron chi connectivity index (χ2n) is 4.90. The third kappa shape index (κ3) is 3.18. The van der Waals surface area contributed by atoms with Gasteiger partial charge in [0.25, 0.3) is 0 Å². The van der Waals surface area contributed by atoms with Crippen molar-refractivity contribution in [1.29, 1.82) is 0 Å². The molecule has 0 spiro atoms. The summed E-state index contributed by atoms with van der Waals surface area (Å²) in [5.74, 6) is -0.0511. The first-order chi connectivity index (χ1) is 7.00. The second-order valence-corrected chi connectivity index (χ2v) is 4.90. The fraction of sp³-hybridized carbons (Fsp3) is 0.909. The van der Waals surface area contributed by atoms with Crippen molar-refractivity contribution in [3.8, 4) is 0 Å². The highest BCUT2D eigenvalue weighted by atomic mass is 16.3. The fourth-order valence-corrected chi connectivity index (χ4v) is 2.03. The Bertz CT molecular complexity index is 229. The molecule has 0 aromatic rings. The molecule has 1 unspecified atom stereocenters. The zero-order chi connectivity index (χ0) is 11.5. The molecular formula is C11H22N2O2. The van der Waals surface area contributed by atoms with Crippen LogP contribution in [0.25, 0.3) is 0 Å². The summed E-state index contributed by atoms with van der Waals surface area (Å²) < 4.78 is 0. The third-order valence-electron chi connectivity index (χ3n) is 2.78. The maximum atomic E-state index is 11.7. The van der Waals surface area contributed by atoms with Gasteiger partial charge in [0, 0.05) is 12.1 Å². The lowest BCUT2D eigenvalue weighted by Crippen LogP contribution is -2.65. The van der Waals surface area contributed by atoms with E-state index >= 15 is 0 Å². The van der Waals surface area contributed by atoms with Crippen LogP contribution in [0.4, 0.5) is 0 Å². The van der Waals surface area contributed by atoms with E-state index < -0.39 is 0 Å². The summed E-state index contributed by atoms with van der Waals surface area (Å²) in [6, 6.07) is -0.357. The molecule has 1 fully saturated rings. The molecule has 0 aromatic carbocycles. The highest BCUT2D eigenvalue weighted by Gasteiger charge is 2.37. The monoisotopic (exact) mass is 214 g/mol. The van der Waals surface area contributed by atoms with Gasteiger partial charge in [0.15, 0.2) is 0 Å². The number of carbonyl (C=O) groups excluding carboxylic acids is 1. The number of hydrogen-bond acceptors (Lipinski definition) is 3. The van der Waals surface area contributed by atoms with Crippen LogP contribution in [0.2, 0.25) is 0 Å². The van der Waals surface area contributed by atoms with E-state index in [2.05, 4.69) is 17.1 Å². The average molecular weight is 214 g/mol. The van der Waals surface area contributed by atoms with E-state index in [0.29, 0.717) is 0 Å². The van der Waals surface area contributed by atoms with Crippen LogP contribution in [-0.2, 0) is 4.79 Å². The van der Waals surface area contributed by atoms with Crippen LogP contribution in [-0.4, -0.2) is 47.2 Å². The predicted molar refractivity (Wildman–Crippen MR) is 59.6 cm³/mol. The molecule has 0 saturated carbocycles. The van der Waals surface area contributed by atoms with Crippen LogP contribution in [0.15, 0.2) is 0 Å². The smallest absolute Gasteiger partial charge is 0.240 e. The third-order valence-corrected chi connectivity index (χ3v) is 2.78. The van der Waals surface area contributed by atoms with Crippen molar-refractivity contribution in [2.24, 2.45) is 0 Å². The van der Waals surface area contributed by atoms with Crippen molar-refractivity contribution < 1.29 is 9.90 Å². The standard InChI is InChI=1S/C11H22N2O2/c1-4-5-6-13-8-11(2,3)12-10(15)9(13)7-14/h9,14H,4-8H2,1-3H3,(H,12,15). The number of carbonyl (C=O) groups is 1. The fourth-order valence-electron chi connectivity index (χ4n) is 2.03. The molecule has 1 atom stereocenters. The van der Waals surface area contributed by atoms with Gasteiger partial charge in [0.2, 0.25) is 5.91 Å². The topological polar surface area (TPSA) is 52.6 Å². The lowest BCUT2D eigenvalue weighted by Gasteiger charge is -2.43. The lowest BCUT2D eigenvalue weighted by atomic mass is 9.98. The molecule has 1 saturated heterocycles. The molecular weight excluding hydrogens is 192 g/mol. The van der Waals surface area contributed by atoms with Gasteiger partial charge < -0.3 is 10.4 Å². The van der Waals surface area contributed by atoms with Gasteiger partial charge in [-0.1, -0.05) is 13.3 Å². The van der Waals surface area contributed by atoms with Crippen molar-refractivity contribution in [3.05, 3.63) is 0 Å². The predicted octanol–water partition coefficient (Wildman–Crippen LogP) is 0.358. The molecule has 4 heteroatoms. The largest absolute Gasteiger partial charge is 0.394 e. The van der Waals surface area contributed by atoms with Crippen LogP contribution in [0.3, 0.4) is 0 Å². The molecule has 1 aliphatic heterocycles. The van der Waals surface area contributed by atoms with Gasteiger partial charge in [-0.25, -0.2) is 0 Å². The van der Waals surface area contributed by atoms with E-state index in [1.807, 2.05) is 13.8 Å². The number of aliphatic hydroxyl groups is 1. The van der Waals surface area contributed by atoms with Crippen molar-refractivity contribution in [2.45, 2.75) is 45.2 Å². The Balaban J connectivity index is 2.66. The molecule has 1 amide bonds. The highest BCUT2D eigenvalue weighted by molar-refractivity contribution is 5.83. The molecule has 88 valence electrons.